The van der Waals surface area contributed by atoms with Crippen molar-refractivity contribution < 1.29 is 13.5 Å². The molecule has 2 aromatic rings. The molecule has 2 aliphatic rings. The molecule has 2 aromatic carbocycles. The molecule has 1 spiro atoms. The zero-order valence-corrected chi connectivity index (χ0v) is 15.5. The summed E-state index contributed by atoms with van der Waals surface area (Å²) >= 11 is 0. The topological polar surface area (TPSA) is 24.5 Å². The molecule has 2 aliphatic heterocycles. The van der Waals surface area contributed by atoms with Crippen LogP contribution in [0.4, 0.5) is 8.78 Å². The molecule has 0 amide bonds. The van der Waals surface area contributed by atoms with Crippen LogP contribution in [0.2, 0.25) is 0 Å². The highest BCUT2D eigenvalue weighted by atomic mass is 35.5. The first-order valence-corrected chi connectivity index (χ1v) is 9.04. The second kappa shape index (κ2) is 8.07. The summed E-state index contributed by atoms with van der Waals surface area (Å²) in [6.45, 7) is 2.11. The number of piperidine rings is 1. The van der Waals surface area contributed by atoms with Crippen LogP contribution < -0.4 is 10.1 Å². The fourth-order valence-electron chi connectivity index (χ4n) is 4.44. The van der Waals surface area contributed by atoms with E-state index in [0.29, 0.717) is 17.7 Å². The van der Waals surface area contributed by atoms with Crippen molar-refractivity contribution in [2.24, 2.45) is 5.41 Å². The van der Waals surface area contributed by atoms with Gasteiger partial charge in [-0.2, -0.15) is 8.78 Å². The van der Waals surface area contributed by atoms with Crippen molar-refractivity contribution in [2.45, 2.75) is 32.4 Å². The van der Waals surface area contributed by atoms with E-state index in [1.54, 1.807) is 6.07 Å². The summed E-state index contributed by atoms with van der Waals surface area (Å²) < 4.78 is 30.5. The fraction of sp³-hybridized carbons (Fsp3) is 0.500. The summed E-state index contributed by atoms with van der Waals surface area (Å²) in [4.78, 5) is 2.41. The van der Waals surface area contributed by atoms with Crippen LogP contribution in [0.5, 0.6) is 5.75 Å². The van der Waals surface area contributed by atoms with E-state index >= 15 is 0 Å². The molecule has 142 valence electrons. The largest absolute Gasteiger partial charge is 0.434 e. The van der Waals surface area contributed by atoms with Gasteiger partial charge in [-0.3, -0.25) is 4.90 Å². The standard InChI is InChI=1S/C20H24F2N2O.ClH/c21-19(22)25-18-6-5-15-3-1-2-4-16(15)17(18)13-24-12-9-20(14-24)7-10-23-11-8-20;/h1-6,19,23H,7-14H2;1H. The van der Waals surface area contributed by atoms with Gasteiger partial charge in [-0.25, -0.2) is 0 Å². The van der Waals surface area contributed by atoms with Crippen LogP contribution in [-0.4, -0.2) is 37.7 Å². The lowest BCUT2D eigenvalue weighted by molar-refractivity contribution is -0.0506. The summed E-state index contributed by atoms with van der Waals surface area (Å²) in [5, 5.41) is 5.50. The van der Waals surface area contributed by atoms with Crippen molar-refractivity contribution >= 4 is 23.2 Å². The summed E-state index contributed by atoms with van der Waals surface area (Å²) in [5.41, 5.74) is 1.28. The second-order valence-corrected chi connectivity index (χ2v) is 7.35. The molecule has 2 saturated heterocycles. The van der Waals surface area contributed by atoms with Gasteiger partial charge in [-0.1, -0.05) is 30.3 Å². The number of benzene rings is 2. The Morgan fingerprint density at radius 3 is 2.62 bits per heavy atom. The van der Waals surface area contributed by atoms with E-state index < -0.39 is 6.61 Å². The summed E-state index contributed by atoms with van der Waals surface area (Å²) in [6.07, 6.45) is 3.61. The van der Waals surface area contributed by atoms with Gasteiger partial charge in [0.2, 0.25) is 0 Å². The summed E-state index contributed by atoms with van der Waals surface area (Å²) in [5.74, 6) is 0.306. The molecule has 0 unspecified atom stereocenters. The number of fused-ring (bicyclic) bond motifs is 1. The highest BCUT2D eigenvalue weighted by Crippen LogP contribution is 2.40. The Kier molecular flexibility index (Phi) is 6.00. The van der Waals surface area contributed by atoms with Crippen LogP contribution in [-0.2, 0) is 6.54 Å². The van der Waals surface area contributed by atoms with Crippen molar-refractivity contribution in [3.63, 3.8) is 0 Å². The Hall–Kier alpha value is -1.43. The summed E-state index contributed by atoms with van der Waals surface area (Å²) in [7, 11) is 0. The lowest BCUT2D eigenvalue weighted by atomic mass is 9.78. The van der Waals surface area contributed by atoms with Gasteiger partial charge in [0, 0.05) is 18.7 Å². The molecule has 2 heterocycles. The van der Waals surface area contributed by atoms with Gasteiger partial charge in [0.05, 0.1) is 0 Å². The zero-order chi connectivity index (χ0) is 17.3. The average Bonchev–Trinajstić information content (AvgIpc) is 2.99. The van der Waals surface area contributed by atoms with E-state index in [4.69, 9.17) is 4.74 Å². The molecular weight excluding hydrogens is 358 g/mol. The molecular formula is C20H25ClF2N2O. The lowest BCUT2D eigenvalue weighted by Crippen LogP contribution is -2.38. The molecule has 6 heteroatoms. The number of hydrogen-bond acceptors (Lipinski definition) is 3. The average molecular weight is 383 g/mol. The molecule has 0 saturated carbocycles. The monoisotopic (exact) mass is 382 g/mol. The normalized spacial score (nSPS) is 19.8. The van der Waals surface area contributed by atoms with Gasteiger partial charge in [0.15, 0.2) is 0 Å². The number of halogens is 3. The van der Waals surface area contributed by atoms with Gasteiger partial charge < -0.3 is 10.1 Å². The first kappa shape index (κ1) is 19.3. The third-order valence-electron chi connectivity index (χ3n) is 5.78. The summed E-state index contributed by atoms with van der Waals surface area (Å²) in [6, 6.07) is 11.5. The molecule has 0 bridgehead atoms. The van der Waals surface area contributed by atoms with Gasteiger partial charge >= 0.3 is 6.61 Å². The molecule has 0 aliphatic carbocycles. The maximum atomic E-state index is 12.9. The second-order valence-electron chi connectivity index (χ2n) is 7.35. The fourth-order valence-corrected chi connectivity index (χ4v) is 4.44. The molecule has 0 atom stereocenters. The third kappa shape index (κ3) is 3.95. The maximum absolute atomic E-state index is 12.9. The number of ether oxygens (including phenoxy) is 1. The molecule has 26 heavy (non-hydrogen) atoms. The van der Waals surface area contributed by atoms with E-state index in [9.17, 15) is 8.78 Å². The van der Waals surface area contributed by atoms with E-state index in [1.807, 2.05) is 30.3 Å². The molecule has 4 rings (SSSR count). The van der Waals surface area contributed by atoms with Crippen molar-refractivity contribution in [2.75, 3.05) is 26.2 Å². The Bertz CT molecular complexity index is 750. The Morgan fingerprint density at radius 2 is 1.85 bits per heavy atom. The zero-order valence-electron chi connectivity index (χ0n) is 14.7. The van der Waals surface area contributed by atoms with Crippen LogP contribution in [0.1, 0.15) is 24.8 Å². The highest BCUT2D eigenvalue weighted by Gasteiger charge is 2.38. The quantitative estimate of drug-likeness (QED) is 0.846. The highest BCUT2D eigenvalue weighted by molar-refractivity contribution is 5.87. The number of rotatable bonds is 4. The van der Waals surface area contributed by atoms with Crippen LogP contribution in [0.3, 0.4) is 0 Å². The molecule has 2 fully saturated rings. The maximum Gasteiger partial charge on any atom is 0.387 e. The number of nitrogens with zero attached hydrogens (tertiary/aromatic N) is 1. The van der Waals surface area contributed by atoms with Gasteiger partial charge in [-0.05, 0) is 61.2 Å². The van der Waals surface area contributed by atoms with E-state index in [-0.39, 0.29) is 12.4 Å². The van der Waals surface area contributed by atoms with E-state index in [1.165, 1.54) is 19.3 Å². The smallest absolute Gasteiger partial charge is 0.387 e. The minimum atomic E-state index is -2.80. The number of hydrogen-bond donors (Lipinski definition) is 1. The predicted molar refractivity (Wildman–Crippen MR) is 102 cm³/mol. The number of alkyl halides is 2. The Balaban J connectivity index is 0.00000196. The van der Waals surface area contributed by atoms with E-state index in [0.717, 1.165) is 42.5 Å². The van der Waals surface area contributed by atoms with Gasteiger partial charge in [0.25, 0.3) is 0 Å². The van der Waals surface area contributed by atoms with Crippen molar-refractivity contribution in [3.8, 4) is 5.75 Å². The van der Waals surface area contributed by atoms with Gasteiger partial charge in [0.1, 0.15) is 5.75 Å². The lowest BCUT2D eigenvalue weighted by Gasteiger charge is -2.34. The SMILES string of the molecule is Cl.FC(F)Oc1ccc2ccccc2c1CN1CCC2(CCNCC2)C1. The first-order chi connectivity index (χ1) is 12.2. The number of nitrogens with one attached hydrogen (secondary N) is 1. The minimum absolute atomic E-state index is 0. The molecule has 1 N–H and O–H groups in total. The van der Waals surface area contributed by atoms with Crippen molar-refractivity contribution in [1.29, 1.82) is 0 Å². The number of likely N-dealkylation sites (tertiary alicyclic amines) is 1. The van der Waals surface area contributed by atoms with Crippen LogP contribution in [0.15, 0.2) is 36.4 Å². The van der Waals surface area contributed by atoms with E-state index in [2.05, 4.69) is 10.2 Å². The minimum Gasteiger partial charge on any atom is -0.434 e. The molecule has 3 nitrogen and oxygen atoms in total. The van der Waals surface area contributed by atoms with Crippen LogP contribution in [0.25, 0.3) is 10.8 Å². The van der Waals surface area contributed by atoms with Crippen molar-refractivity contribution in [1.82, 2.24) is 10.2 Å². The third-order valence-corrected chi connectivity index (χ3v) is 5.78. The first-order valence-electron chi connectivity index (χ1n) is 9.04. The predicted octanol–water partition coefficient (Wildman–Crippen LogP) is 4.44. The molecule has 0 aromatic heterocycles. The van der Waals surface area contributed by atoms with Crippen molar-refractivity contribution in [3.05, 3.63) is 42.0 Å². The van der Waals surface area contributed by atoms with Crippen LogP contribution in [0, 0.1) is 5.41 Å². The Morgan fingerprint density at radius 1 is 1.08 bits per heavy atom. The van der Waals surface area contributed by atoms with Gasteiger partial charge in [-0.15, -0.1) is 12.4 Å². The Labute approximate surface area is 159 Å². The molecule has 0 radical (unpaired) electrons. The van der Waals surface area contributed by atoms with Crippen LogP contribution >= 0.6 is 12.4 Å².